The van der Waals surface area contributed by atoms with E-state index in [1.54, 1.807) is 0 Å². The molecule has 54 valence electrons. The third kappa shape index (κ3) is 0.515. The van der Waals surface area contributed by atoms with Crippen LogP contribution in [0.1, 0.15) is 0 Å². The molecule has 0 amide bonds. The molecular weight excluding hydrogens is 183 g/mol. The van der Waals surface area contributed by atoms with E-state index in [1.165, 1.54) is 0 Å². The lowest BCUT2D eigenvalue weighted by Crippen LogP contribution is -2.01. The molecule has 0 saturated heterocycles. The van der Waals surface area contributed by atoms with Crippen LogP contribution in [0.4, 0.5) is 17.6 Å². The molecule has 1 aliphatic rings. The van der Waals surface area contributed by atoms with Gasteiger partial charge in [0.25, 0.3) is 0 Å². The minimum atomic E-state index is -4.26. The summed E-state index contributed by atoms with van der Waals surface area (Å²) in [7, 11) is 0. The summed E-state index contributed by atoms with van der Waals surface area (Å²) in [5, 5.41) is -7.44. The first-order valence-electron chi connectivity index (χ1n) is 1.88. The van der Waals surface area contributed by atoms with Crippen molar-refractivity contribution in [2.24, 2.45) is 0 Å². The third-order valence-corrected chi connectivity index (χ3v) is 2.21. The molecule has 0 N–H and O–H groups in total. The van der Waals surface area contributed by atoms with E-state index in [-0.39, 0.29) is 0 Å². The molecule has 0 nitrogen and oxygen atoms in total. The fourth-order valence-corrected chi connectivity index (χ4v) is 0.808. The number of rotatable bonds is 0. The fraction of sp³-hybridized carbons (Fsp3) is 1.00. The van der Waals surface area contributed by atoms with Gasteiger partial charge in [-0.15, -0.1) is 0 Å². The SMILES string of the molecule is FC1(F)C(F)(Cl)C1(F)Cl. The Morgan fingerprint density at radius 3 is 0.889 bits per heavy atom. The molecule has 0 aliphatic heterocycles. The van der Waals surface area contributed by atoms with Gasteiger partial charge in [-0.2, -0.15) is 8.78 Å². The van der Waals surface area contributed by atoms with Crippen molar-refractivity contribution in [2.45, 2.75) is 16.2 Å². The van der Waals surface area contributed by atoms with Crippen LogP contribution in [0.15, 0.2) is 0 Å². The van der Waals surface area contributed by atoms with Crippen molar-refractivity contribution in [3.63, 3.8) is 0 Å². The van der Waals surface area contributed by atoms with Gasteiger partial charge in [-0.05, 0) is 0 Å². The Bertz CT molecular complexity index is 111. The summed E-state index contributed by atoms with van der Waals surface area (Å²) < 4.78 is 47.1. The van der Waals surface area contributed by atoms with Crippen molar-refractivity contribution in [1.82, 2.24) is 0 Å². The first-order chi connectivity index (χ1) is 3.75. The molecule has 0 bridgehead atoms. The Morgan fingerprint density at radius 1 is 0.778 bits per heavy atom. The molecule has 0 heterocycles. The van der Waals surface area contributed by atoms with Crippen LogP contribution in [0.5, 0.6) is 0 Å². The van der Waals surface area contributed by atoms with Crippen molar-refractivity contribution >= 4 is 23.2 Å². The lowest BCUT2D eigenvalue weighted by atomic mass is 10.8. The minimum absolute atomic E-state index is 3.72. The quantitative estimate of drug-likeness (QED) is 0.399. The van der Waals surface area contributed by atoms with Gasteiger partial charge in [0.05, 0.1) is 0 Å². The molecule has 0 radical (unpaired) electrons. The highest BCUT2D eigenvalue weighted by molar-refractivity contribution is 6.39. The lowest BCUT2D eigenvalue weighted by molar-refractivity contribution is 0.0540. The Balaban J connectivity index is 2.91. The molecule has 2 atom stereocenters. The molecule has 0 aromatic rings. The highest BCUT2D eigenvalue weighted by Gasteiger charge is 2.96. The van der Waals surface area contributed by atoms with E-state index < -0.39 is 16.2 Å². The summed E-state index contributed by atoms with van der Waals surface area (Å²) >= 11 is 8.60. The highest BCUT2D eigenvalue weighted by atomic mass is 35.5. The van der Waals surface area contributed by atoms with Crippen LogP contribution in [-0.4, -0.2) is 16.2 Å². The van der Waals surface area contributed by atoms with Crippen LogP contribution >= 0.6 is 23.2 Å². The van der Waals surface area contributed by atoms with Crippen LogP contribution in [0.3, 0.4) is 0 Å². The van der Waals surface area contributed by atoms with E-state index in [4.69, 9.17) is 0 Å². The van der Waals surface area contributed by atoms with Crippen LogP contribution in [0, 0.1) is 0 Å². The Morgan fingerprint density at radius 2 is 0.889 bits per heavy atom. The maximum absolute atomic E-state index is 11.9. The predicted molar refractivity (Wildman–Crippen MR) is 24.3 cm³/mol. The maximum Gasteiger partial charge on any atom is 0.351 e. The monoisotopic (exact) mass is 182 g/mol. The second-order valence-electron chi connectivity index (χ2n) is 1.72. The first kappa shape index (κ1) is 7.41. The van der Waals surface area contributed by atoms with Gasteiger partial charge in [0.15, 0.2) is 0 Å². The van der Waals surface area contributed by atoms with E-state index >= 15 is 0 Å². The van der Waals surface area contributed by atoms with Crippen LogP contribution in [0.25, 0.3) is 0 Å². The predicted octanol–water partition coefficient (Wildman–Crippen LogP) is 2.44. The van der Waals surface area contributed by atoms with Gasteiger partial charge < -0.3 is 0 Å². The Hall–Kier alpha value is 0.300. The second kappa shape index (κ2) is 1.32. The van der Waals surface area contributed by atoms with Gasteiger partial charge in [-0.25, -0.2) is 8.78 Å². The smallest absolute Gasteiger partial charge is 0.214 e. The summed E-state index contributed by atoms with van der Waals surface area (Å²) in [6.45, 7) is 0. The zero-order chi connectivity index (χ0) is 7.50. The van der Waals surface area contributed by atoms with E-state index in [2.05, 4.69) is 23.2 Å². The molecule has 9 heavy (non-hydrogen) atoms. The van der Waals surface area contributed by atoms with Gasteiger partial charge >= 0.3 is 16.2 Å². The third-order valence-electron chi connectivity index (χ3n) is 1.12. The zero-order valence-electron chi connectivity index (χ0n) is 3.77. The summed E-state index contributed by atoms with van der Waals surface area (Å²) in [6, 6.07) is 0. The van der Waals surface area contributed by atoms with Gasteiger partial charge in [-0.3, -0.25) is 0 Å². The molecule has 1 aliphatic carbocycles. The van der Waals surface area contributed by atoms with Gasteiger partial charge in [0.2, 0.25) is 0 Å². The Labute approximate surface area is 57.7 Å². The largest absolute Gasteiger partial charge is 0.351 e. The maximum atomic E-state index is 11.9. The fourth-order valence-electron chi connectivity index (χ4n) is 0.356. The molecule has 1 rings (SSSR count). The van der Waals surface area contributed by atoms with Crippen LogP contribution in [-0.2, 0) is 0 Å². The topological polar surface area (TPSA) is 0 Å². The average Bonchev–Trinajstić information content (AvgIpc) is 1.84. The van der Waals surface area contributed by atoms with E-state index in [0.717, 1.165) is 0 Å². The van der Waals surface area contributed by atoms with Crippen molar-refractivity contribution in [3.05, 3.63) is 0 Å². The molecule has 1 saturated carbocycles. The average molecular weight is 183 g/mol. The summed E-state index contributed by atoms with van der Waals surface area (Å²) in [6.07, 6.45) is 0. The lowest BCUT2D eigenvalue weighted by Gasteiger charge is -1.86. The van der Waals surface area contributed by atoms with E-state index in [1.807, 2.05) is 0 Å². The molecular formula is C3Cl2F4. The van der Waals surface area contributed by atoms with Crippen molar-refractivity contribution in [3.8, 4) is 0 Å². The summed E-state index contributed by atoms with van der Waals surface area (Å²) in [5.41, 5.74) is 0. The zero-order valence-corrected chi connectivity index (χ0v) is 5.28. The van der Waals surface area contributed by atoms with Crippen molar-refractivity contribution in [1.29, 1.82) is 0 Å². The standard InChI is InChI=1S/C3Cl2F4/c4-1(6)2(5,7)3(1,8)9. The number of alkyl halides is 6. The minimum Gasteiger partial charge on any atom is -0.214 e. The van der Waals surface area contributed by atoms with Crippen molar-refractivity contribution in [2.75, 3.05) is 0 Å². The second-order valence-corrected chi connectivity index (χ2v) is 2.76. The first-order valence-corrected chi connectivity index (χ1v) is 2.64. The van der Waals surface area contributed by atoms with Crippen molar-refractivity contribution < 1.29 is 17.6 Å². The van der Waals surface area contributed by atoms with Gasteiger partial charge in [0.1, 0.15) is 0 Å². The van der Waals surface area contributed by atoms with E-state index in [0.29, 0.717) is 0 Å². The van der Waals surface area contributed by atoms with Gasteiger partial charge in [0, 0.05) is 0 Å². The highest BCUT2D eigenvalue weighted by Crippen LogP contribution is 2.71. The Kier molecular flexibility index (Phi) is 1.09. The number of halogens is 6. The molecule has 1 fully saturated rings. The molecule has 2 unspecified atom stereocenters. The number of hydrogen-bond acceptors (Lipinski definition) is 0. The van der Waals surface area contributed by atoms with Crippen LogP contribution in [0.2, 0.25) is 0 Å². The summed E-state index contributed by atoms with van der Waals surface area (Å²) in [5.74, 6) is -4.26. The summed E-state index contributed by atoms with van der Waals surface area (Å²) in [4.78, 5) is 0. The molecule has 6 heteroatoms. The molecule has 0 spiro atoms. The number of hydrogen-bond donors (Lipinski definition) is 0. The van der Waals surface area contributed by atoms with Gasteiger partial charge in [-0.1, -0.05) is 23.2 Å². The molecule has 0 aromatic heterocycles. The normalized spacial score (nSPS) is 55.3. The molecule has 0 aromatic carbocycles. The van der Waals surface area contributed by atoms with E-state index in [9.17, 15) is 17.6 Å². The van der Waals surface area contributed by atoms with Crippen LogP contribution < -0.4 is 0 Å².